The Hall–Kier alpha value is -4.46. The van der Waals surface area contributed by atoms with Crippen molar-refractivity contribution < 1.29 is 9.59 Å². The smallest absolute Gasteiger partial charge is 0.255 e. The molecule has 186 valence electrons. The maximum atomic E-state index is 12.8. The van der Waals surface area contributed by atoms with E-state index in [-0.39, 0.29) is 11.8 Å². The highest BCUT2D eigenvalue weighted by Gasteiger charge is 2.13. The van der Waals surface area contributed by atoms with E-state index in [1.807, 2.05) is 86.5 Å². The van der Waals surface area contributed by atoms with E-state index in [9.17, 15) is 9.59 Å². The zero-order valence-electron chi connectivity index (χ0n) is 21.5. The number of nitrogens with one attached hydrogen (secondary N) is 2. The van der Waals surface area contributed by atoms with E-state index in [4.69, 9.17) is 0 Å². The highest BCUT2D eigenvalue weighted by Crippen LogP contribution is 2.16. The van der Waals surface area contributed by atoms with Crippen molar-refractivity contribution in [1.82, 2.24) is 9.80 Å². The van der Waals surface area contributed by atoms with E-state index in [1.165, 1.54) is 0 Å². The molecule has 8 heteroatoms. The van der Waals surface area contributed by atoms with Gasteiger partial charge < -0.3 is 20.4 Å². The molecule has 0 bridgehead atoms. The minimum absolute atomic E-state index is 0.297. The summed E-state index contributed by atoms with van der Waals surface area (Å²) in [5.74, 6) is 1.10. The molecule has 0 aliphatic carbocycles. The van der Waals surface area contributed by atoms with E-state index in [2.05, 4.69) is 20.6 Å². The van der Waals surface area contributed by atoms with Gasteiger partial charge in [-0.05, 0) is 66.7 Å². The van der Waals surface area contributed by atoms with Crippen LogP contribution in [0.5, 0.6) is 0 Å². The summed E-state index contributed by atoms with van der Waals surface area (Å²) in [5, 5.41) is 5.76. The van der Waals surface area contributed by atoms with Crippen LogP contribution in [0.25, 0.3) is 0 Å². The monoisotopic (exact) mass is 484 g/mol. The first-order chi connectivity index (χ1) is 17.2. The fraction of sp³-hybridized carbons (Fsp3) is 0.214. The number of amides is 2. The summed E-state index contributed by atoms with van der Waals surface area (Å²) in [5.41, 5.74) is 3.99. The van der Waals surface area contributed by atoms with Crippen molar-refractivity contribution in [1.29, 1.82) is 0 Å². The van der Waals surface area contributed by atoms with Crippen LogP contribution in [0.2, 0.25) is 0 Å². The molecule has 0 saturated carbocycles. The maximum absolute atomic E-state index is 12.8. The Bertz CT molecular complexity index is 1180. The Labute approximate surface area is 212 Å². The van der Waals surface area contributed by atoms with Gasteiger partial charge in [0.05, 0.1) is 0 Å². The zero-order chi connectivity index (χ0) is 26.2. The quantitative estimate of drug-likeness (QED) is 0.408. The van der Waals surface area contributed by atoms with Crippen molar-refractivity contribution in [2.75, 3.05) is 52.9 Å². The largest absolute Gasteiger partial charge is 0.363 e. The van der Waals surface area contributed by atoms with Crippen LogP contribution in [0.3, 0.4) is 0 Å². The molecule has 2 amide bonds. The van der Waals surface area contributed by atoms with Crippen molar-refractivity contribution in [2.24, 2.45) is 9.98 Å². The number of nitrogens with zero attached hydrogens (tertiary/aromatic N) is 4. The predicted octanol–water partition coefficient (Wildman–Crippen LogP) is 4.07. The number of benzene rings is 3. The molecule has 0 saturated heterocycles. The first-order valence-corrected chi connectivity index (χ1v) is 11.5. The molecular weight excluding hydrogens is 452 g/mol. The third-order valence-corrected chi connectivity index (χ3v) is 5.46. The molecule has 0 aliphatic rings. The molecule has 0 unspecified atom stereocenters. The Morgan fingerprint density at radius 1 is 0.583 bits per heavy atom. The number of aliphatic imine (C=N–C) groups is 2. The van der Waals surface area contributed by atoms with Crippen molar-refractivity contribution in [2.45, 2.75) is 0 Å². The van der Waals surface area contributed by atoms with E-state index in [1.54, 1.807) is 38.4 Å². The van der Waals surface area contributed by atoms with Crippen LogP contribution in [0.15, 0.2) is 82.8 Å². The van der Waals surface area contributed by atoms with Gasteiger partial charge in [-0.1, -0.05) is 6.07 Å². The lowest BCUT2D eigenvalue weighted by molar-refractivity contribution is 0.102. The van der Waals surface area contributed by atoms with Gasteiger partial charge in [-0.25, -0.2) is 0 Å². The molecular formula is C28H32N6O2. The van der Waals surface area contributed by atoms with Crippen LogP contribution in [0.1, 0.15) is 31.8 Å². The molecule has 3 aromatic rings. The summed E-state index contributed by atoms with van der Waals surface area (Å²) in [7, 11) is 11.2. The molecule has 3 rings (SSSR count). The minimum Gasteiger partial charge on any atom is -0.363 e. The lowest BCUT2D eigenvalue weighted by Gasteiger charge is -2.16. The van der Waals surface area contributed by atoms with E-state index in [0.717, 1.165) is 22.8 Å². The topological polar surface area (TPSA) is 89.4 Å². The third-order valence-electron chi connectivity index (χ3n) is 5.46. The molecule has 2 N–H and O–H groups in total. The summed E-state index contributed by atoms with van der Waals surface area (Å²) >= 11 is 0. The van der Waals surface area contributed by atoms with Crippen molar-refractivity contribution >= 4 is 34.9 Å². The molecule has 0 heterocycles. The van der Waals surface area contributed by atoms with Crippen LogP contribution >= 0.6 is 0 Å². The van der Waals surface area contributed by atoms with Gasteiger partial charge in [0, 0.05) is 75.9 Å². The molecule has 0 aromatic heterocycles. The average Bonchev–Trinajstić information content (AvgIpc) is 2.86. The van der Waals surface area contributed by atoms with Crippen LogP contribution < -0.4 is 10.6 Å². The molecule has 0 radical (unpaired) electrons. The third kappa shape index (κ3) is 6.35. The first-order valence-electron chi connectivity index (χ1n) is 11.5. The van der Waals surface area contributed by atoms with Crippen molar-refractivity contribution in [3.05, 3.63) is 95.1 Å². The van der Waals surface area contributed by atoms with Crippen LogP contribution in [0, 0.1) is 0 Å². The van der Waals surface area contributed by atoms with Crippen LogP contribution in [-0.4, -0.2) is 75.6 Å². The molecule has 0 atom stereocenters. The molecule has 0 aliphatic heterocycles. The highest BCUT2D eigenvalue weighted by molar-refractivity contribution is 6.09. The van der Waals surface area contributed by atoms with E-state index >= 15 is 0 Å². The molecule has 36 heavy (non-hydrogen) atoms. The van der Waals surface area contributed by atoms with E-state index in [0.29, 0.717) is 22.5 Å². The Morgan fingerprint density at radius 3 is 1.25 bits per heavy atom. The Balaban J connectivity index is 1.68. The number of hydrogen-bond acceptors (Lipinski definition) is 4. The first kappa shape index (κ1) is 26.2. The van der Waals surface area contributed by atoms with Crippen molar-refractivity contribution in [3.63, 3.8) is 0 Å². The summed E-state index contributed by atoms with van der Waals surface area (Å²) in [4.78, 5) is 38.1. The lowest BCUT2D eigenvalue weighted by atomic mass is 10.1. The Morgan fingerprint density at radius 2 is 0.944 bits per heavy atom. The van der Waals surface area contributed by atoms with Gasteiger partial charge in [-0.3, -0.25) is 19.6 Å². The highest BCUT2D eigenvalue weighted by atomic mass is 16.2. The molecule has 8 nitrogen and oxygen atoms in total. The number of amidine groups is 2. The van der Waals surface area contributed by atoms with Gasteiger partial charge in [0.1, 0.15) is 11.7 Å². The molecule has 0 fully saturated rings. The second-order valence-electron chi connectivity index (χ2n) is 8.53. The normalized spacial score (nSPS) is 11.6. The second kappa shape index (κ2) is 11.8. The number of carbonyl (C=O) groups is 2. The van der Waals surface area contributed by atoms with E-state index < -0.39 is 0 Å². The number of hydrogen-bond donors (Lipinski definition) is 2. The number of rotatable bonds is 6. The molecule has 3 aromatic carbocycles. The predicted molar refractivity (Wildman–Crippen MR) is 148 cm³/mol. The number of anilines is 2. The second-order valence-corrected chi connectivity index (χ2v) is 8.53. The minimum atomic E-state index is -0.297. The van der Waals surface area contributed by atoms with Gasteiger partial charge in [0.25, 0.3) is 11.8 Å². The SMILES string of the molecule is CN=C(c1ccc(NC(=O)c2cccc(C(=O)Nc3ccc(C(=NC)N(C)C)cc3)c2)cc1)N(C)C. The zero-order valence-corrected chi connectivity index (χ0v) is 21.5. The maximum Gasteiger partial charge on any atom is 0.255 e. The van der Waals surface area contributed by atoms with Crippen LogP contribution in [0.4, 0.5) is 11.4 Å². The fourth-order valence-corrected chi connectivity index (χ4v) is 3.79. The van der Waals surface area contributed by atoms with Gasteiger partial charge in [0.2, 0.25) is 0 Å². The average molecular weight is 485 g/mol. The van der Waals surface area contributed by atoms with Gasteiger partial charge in [-0.2, -0.15) is 0 Å². The summed E-state index contributed by atoms with van der Waals surface area (Å²) in [6.07, 6.45) is 0. The molecule has 0 spiro atoms. The van der Waals surface area contributed by atoms with Crippen molar-refractivity contribution in [3.8, 4) is 0 Å². The summed E-state index contributed by atoms with van der Waals surface area (Å²) in [6.45, 7) is 0. The Kier molecular flexibility index (Phi) is 8.57. The summed E-state index contributed by atoms with van der Waals surface area (Å²) in [6, 6.07) is 21.5. The lowest BCUT2D eigenvalue weighted by Crippen LogP contribution is -2.23. The standard InChI is InChI=1S/C28H32N6O2/c1-29-25(33(3)4)19-10-14-23(15-11-19)31-27(35)21-8-7-9-22(18-21)28(36)32-24-16-12-20(13-17-24)26(30-2)34(5)6/h7-18H,1-6H3,(H,31,35)(H,32,36). The number of carbonyl (C=O) groups excluding carboxylic acids is 2. The van der Waals surface area contributed by atoms with Gasteiger partial charge in [0.15, 0.2) is 0 Å². The van der Waals surface area contributed by atoms with Gasteiger partial charge >= 0.3 is 0 Å². The van der Waals surface area contributed by atoms with Crippen LogP contribution in [-0.2, 0) is 0 Å². The summed E-state index contributed by atoms with van der Waals surface area (Å²) < 4.78 is 0. The fourth-order valence-electron chi connectivity index (χ4n) is 3.79. The van der Waals surface area contributed by atoms with Gasteiger partial charge in [-0.15, -0.1) is 0 Å².